The number of aliphatic carboxylic acids is 1. The molecule has 4 aliphatic rings. The molecule has 9 nitrogen and oxygen atoms in total. The van der Waals surface area contributed by atoms with Crippen molar-refractivity contribution in [3.05, 3.63) is 41.6 Å². The van der Waals surface area contributed by atoms with Crippen molar-refractivity contribution in [3.8, 4) is 12.3 Å². The Morgan fingerprint density at radius 2 is 2.11 bits per heavy atom. The van der Waals surface area contributed by atoms with Crippen molar-refractivity contribution in [3.63, 3.8) is 0 Å². The van der Waals surface area contributed by atoms with Crippen molar-refractivity contribution in [1.82, 2.24) is 20.8 Å². The number of fused-ring (bicyclic) bond motifs is 5. The van der Waals surface area contributed by atoms with Crippen LogP contribution in [-0.2, 0) is 20.8 Å². The number of aromatic nitrogens is 2. The number of rotatable bonds is 8. The number of nitrogens with zero attached hydrogens (tertiary/aromatic N) is 1. The van der Waals surface area contributed by atoms with Crippen molar-refractivity contribution < 1.29 is 24.6 Å². The summed E-state index contributed by atoms with van der Waals surface area (Å²) >= 11 is 0. The number of H-pyrrole nitrogens is 1. The number of carboxylic acid groups (broad SMARTS) is 1. The van der Waals surface area contributed by atoms with Gasteiger partial charge in [0.15, 0.2) is 6.61 Å². The lowest BCUT2D eigenvalue weighted by atomic mass is 9.47. The number of carboxylic acids is 1. The molecule has 1 aromatic heterocycles. The van der Waals surface area contributed by atoms with E-state index in [1.54, 1.807) is 0 Å². The van der Waals surface area contributed by atoms with Gasteiger partial charge in [-0.3, -0.25) is 15.1 Å². The molecule has 0 saturated heterocycles. The van der Waals surface area contributed by atoms with Crippen molar-refractivity contribution in [1.29, 1.82) is 0 Å². The van der Waals surface area contributed by atoms with E-state index in [2.05, 4.69) is 52.7 Å². The minimum absolute atomic E-state index is 0.0432. The third-order valence-corrected chi connectivity index (χ3v) is 10.2. The van der Waals surface area contributed by atoms with Crippen LogP contribution in [0.2, 0.25) is 0 Å². The predicted molar refractivity (Wildman–Crippen MR) is 137 cm³/mol. The summed E-state index contributed by atoms with van der Waals surface area (Å²) in [6, 6.07) is -1.19. The number of hydrogen-bond donors (Lipinski definition) is 4. The number of aliphatic hydroxyl groups is 1. The molecule has 3 saturated carbocycles. The van der Waals surface area contributed by atoms with Crippen LogP contribution in [0.4, 0.5) is 0 Å². The molecule has 1 aromatic rings. The zero-order chi connectivity index (χ0) is 27.1. The molecule has 3 fully saturated rings. The molecule has 38 heavy (non-hydrogen) atoms. The van der Waals surface area contributed by atoms with E-state index in [4.69, 9.17) is 11.3 Å². The van der Waals surface area contributed by atoms with Gasteiger partial charge in [-0.2, -0.15) is 0 Å². The Morgan fingerprint density at radius 1 is 1.32 bits per heavy atom. The molecule has 0 spiro atoms. The van der Waals surface area contributed by atoms with Gasteiger partial charge in [0.05, 0.1) is 24.0 Å². The molecule has 1 heterocycles. The topological polar surface area (TPSA) is 139 Å². The molecule has 7 atom stereocenters. The van der Waals surface area contributed by atoms with E-state index in [1.807, 2.05) is 0 Å². The SMILES string of the molecule is C#C[C@]1(O)CC[C@@H]2[C@@H]3CCC4=CC(NOCC(=O)N[C@H](Cc5cnc[nH]5)C(=O)[O-])=CC[C@@]4(C)[C@H]3CC[C@@]21C. The number of hydroxylamine groups is 1. The lowest BCUT2D eigenvalue weighted by Crippen LogP contribution is -2.54. The fourth-order valence-electron chi connectivity index (χ4n) is 7.97. The highest BCUT2D eigenvalue weighted by Crippen LogP contribution is 2.67. The Bertz CT molecular complexity index is 1190. The molecule has 0 radical (unpaired) electrons. The van der Waals surface area contributed by atoms with Crippen LogP contribution in [0.1, 0.15) is 64.5 Å². The summed E-state index contributed by atoms with van der Waals surface area (Å²) in [4.78, 5) is 35.8. The highest BCUT2D eigenvalue weighted by Gasteiger charge is 2.63. The quantitative estimate of drug-likeness (QED) is 0.300. The highest BCUT2D eigenvalue weighted by atomic mass is 16.6. The molecule has 0 bridgehead atoms. The first-order chi connectivity index (χ1) is 18.1. The Balaban J connectivity index is 1.16. The second kappa shape index (κ2) is 9.90. The number of hydrogen-bond acceptors (Lipinski definition) is 7. The van der Waals surface area contributed by atoms with Crippen LogP contribution in [0.5, 0.6) is 0 Å². The lowest BCUT2D eigenvalue weighted by Gasteiger charge is -2.58. The summed E-state index contributed by atoms with van der Waals surface area (Å²) in [7, 11) is 0. The first kappa shape index (κ1) is 26.5. The molecule has 4 aliphatic carbocycles. The van der Waals surface area contributed by atoms with Gasteiger partial charge in [0.25, 0.3) is 0 Å². The average molecular weight is 522 g/mol. The fraction of sp³-hybridized carbons (Fsp3) is 0.621. The second-order valence-electron chi connectivity index (χ2n) is 12.0. The average Bonchev–Trinajstić information content (AvgIpc) is 3.49. The van der Waals surface area contributed by atoms with E-state index in [-0.39, 0.29) is 23.9 Å². The van der Waals surface area contributed by atoms with Crippen molar-refractivity contribution in [2.45, 2.75) is 76.9 Å². The summed E-state index contributed by atoms with van der Waals surface area (Å²) in [5.41, 5.74) is 4.50. The van der Waals surface area contributed by atoms with Gasteiger partial charge >= 0.3 is 0 Å². The number of imidazole rings is 1. The fourth-order valence-corrected chi connectivity index (χ4v) is 7.97. The zero-order valence-corrected chi connectivity index (χ0v) is 22.1. The van der Waals surface area contributed by atoms with Gasteiger partial charge in [-0.15, -0.1) is 6.42 Å². The normalized spacial score (nSPS) is 36.4. The van der Waals surface area contributed by atoms with Gasteiger partial charge in [-0.05, 0) is 74.2 Å². The third-order valence-electron chi connectivity index (χ3n) is 10.2. The van der Waals surface area contributed by atoms with E-state index < -0.39 is 23.5 Å². The molecule has 204 valence electrons. The minimum Gasteiger partial charge on any atom is -0.548 e. The summed E-state index contributed by atoms with van der Waals surface area (Å²) in [6.07, 6.45) is 19.7. The summed E-state index contributed by atoms with van der Waals surface area (Å²) in [5.74, 6) is 2.36. The van der Waals surface area contributed by atoms with E-state index in [9.17, 15) is 19.8 Å². The Kier molecular flexibility index (Phi) is 6.91. The number of terminal acetylenes is 1. The Morgan fingerprint density at radius 3 is 2.82 bits per heavy atom. The molecule has 1 amide bonds. The molecular weight excluding hydrogens is 484 g/mol. The van der Waals surface area contributed by atoms with Gasteiger partial charge in [-0.1, -0.05) is 31.4 Å². The smallest absolute Gasteiger partial charge is 0.249 e. The number of allylic oxidation sites excluding steroid dienone is 3. The largest absolute Gasteiger partial charge is 0.548 e. The number of carbonyl (C=O) groups excluding carboxylic acids is 2. The van der Waals surface area contributed by atoms with Crippen LogP contribution in [0, 0.1) is 40.9 Å². The maximum Gasteiger partial charge on any atom is 0.249 e. The van der Waals surface area contributed by atoms with Gasteiger partial charge in [0, 0.05) is 23.7 Å². The van der Waals surface area contributed by atoms with Crippen molar-refractivity contribution in [2.75, 3.05) is 6.61 Å². The van der Waals surface area contributed by atoms with Gasteiger partial charge in [-0.25, -0.2) is 4.98 Å². The van der Waals surface area contributed by atoms with Crippen LogP contribution in [-0.4, -0.2) is 45.2 Å². The number of carbonyl (C=O) groups is 2. The molecule has 5 rings (SSSR count). The standard InChI is InChI=1S/C29H38N4O5/c1-4-29(37)12-9-23-21-6-5-18-13-19(7-10-27(18,2)22(21)8-11-28(23,29)3)33-38-16-25(34)32-24(26(35)36)14-20-15-30-17-31-20/h1,7,13,15,17,21-24,33,37H,5-6,8-12,14,16H2,2-3H3,(H,30,31)(H,32,34)(H,35,36)/p-1/t21-,22+,23-,24-,27-,28+,29+/m1/s1. The van der Waals surface area contributed by atoms with Crippen molar-refractivity contribution >= 4 is 11.9 Å². The molecular formula is C29H37N4O5-. The third kappa shape index (κ3) is 4.44. The van der Waals surface area contributed by atoms with Crippen LogP contribution < -0.4 is 15.9 Å². The summed E-state index contributed by atoms with van der Waals surface area (Å²) in [5, 5.41) is 25.0. The van der Waals surface area contributed by atoms with E-state index in [1.165, 1.54) is 18.1 Å². The van der Waals surface area contributed by atoms with Crippen LogP contribution >= 0.6 is 0 Å². The summed E-state index contributed by atoms with van der Waals surface area (Å²) < 4.78 is 0. The second-order valence-corrected chi connectivity index (χ2v) is 12.0. The zero-order valence-electron chi connectivity index (χ0n) is 22.1. The maximum atomic E-state index is 12.3. The van der Waals surface area contributed by atoms with E-state index in [0.29, 0.717) is 29.9 Å². The Labute approximate surface area is 223 Å². The predicted octanol–water partition coefficient (Wildman–Crippen LogP) is 1.53. The Hall–Kier alpha value is -3.09. The molecule has 9 heteroatoms. The first-order valence-electron chi connectivity index (χ1n) is 13.6. The van der Waals surface area contributed by atoms with Crippen LogP contribution in [0.3, 0.4) is 0 Å². The van der Waals surface area contributed by atoms with Gasteiger partial charge < -0.3 is 25.3 Å². The molecule has 4 N–H and O–H groups in total. The lowest BCUT2D eigenvalue weighted by molar-refractivity contribution is -0.308. The maximum absolute atomic E-state index is 12.3. The molecule has 0 unspecified atom stereocenters. The monoisotopic (exact) mass is 521 g/mol. The summed E-state index contributed by atoms with van der Waals surface area (Å²) in [6.45, 7) is 4.23. The van der Waals surface area contributed by atoms with Crippen LogP contribution in [0.25, 0.3) is 0 Å². The minimum atomic E-state index is -1.37. The number of nitrogens with one attached hydrogen (secondary N) is 3. The molecule has 0 aliphatic heterocycles. The number of amides is 1. The van der Waals surface area contributed by atoms with E-state index in [0.717, 1.165) is 44.2 Å². The first-order valence-corrected chi connectivity index (χ1v) is 13.6. The van der Waals surface area contributed by atoms with Crippen molar-refractivity contribution in [2.24, 2.45) is 28.6 Å². The number of aromatic amines is 1. The van der Waals surface area contributed by atoms with E-state index >= 15 is 0 Å². The highest BCUT2D eigenvalue weighted by molar-refractivity contribution is 5.83. The molecule has 0 aromatic carbocycles. The van der Waals surface area contributed by atoms with Gasteiger partial charge in [0.2, 0.25) is 5.91 Å². The van der Waals surface area contributed by atoms with Gasteiger partial charge in [0.1, 0.15) is 5.60 Å². The van der Waals surface area contributed by atoms with Crippen LogP contribution in [0.15, 0.2) is 35.9 Å².